The first-order chi connectivity index (χ1) is 10.5. The normalized spacial score (nSPS) is 16.8. The average Bonchev–Trinajstić information content (AvgIpc) is 3.14. The second-order valence-corrected chi connectivity index (χ2v) is 9.10. The van der Waals surface area contributed by atoms with Crippen LogP contribution in [0.2, 0.25) is 0 Å². The molecule has 1 fully saturated rings. The maximum atomic E-state index is 12.3. The summed E-state index contributed by atoms with van der Waals surface area (Å²) in [6.45, 7) is 3.13. The lowest BCUT2D eigenvalue weighted by molar-refractivity contribution is 0.482. The van der Waals surface area contributed by atoms with Crippen molar-refractivity contribution in [3.63, 3.8) is 0 Å². The van der Waals surface area contributed by atoms with Gasteiger partial charge in [0, 0.05) is 13.1 Å². The van der Waals surface area contributed by atoms with E-state index in [0.717, 1.165) is 38.3 Å². The number of aryl methyl sites for hydroxylation is 1. The number of nitrogens with zero attached hydrogens (tertiary/aromatic N) is 3. The largest absolute Gasteiger partial charge is 0.303 e. The molecule has 6 nitrogen and oxygen atoms in total. The Labute approximate surface area is 136 Å². The minimum atomic E-state index is -3.49. The van der Waals surface area contributed by atoms with Gasteiger partial charge in [0.25, 0.3) is 0 Å². The Bertz CT molecular complexity index is 954. The number of hydrogen-bond donors (Lipinski definition) is 1. The van der Waals surface area contributed by atoms with Crippen LogP contribution in [0.15, 0.2) is 12.1 Å². The quantitative estimate of drug-likeness (QED) is 0.784. The molecule has 0 bridgehead atoms. The molecule has 2 aromatic heterocycles. The van der Waals surface area contributed by atoms with Crippen molar-refractivity contribution in [2.45, 2.75) is 19.8 Å². The van der Waals surface area contributed by atoms with Crippen LogP contribution in [0, 0.1) is 6.92 Å². The summed E-state index contributed by atoms with van der Waals surface area (Å²) in [5.74, 6) is 0. The molecule has 0 amide bonds. The molecule has 116 valence electrons. The van der Waals surface area contributed by atoms with Crippen LogP contribution >= 0.6 is 22.7 Å². The van der Waals surface area contributed by atoms with Crippen LogP contribution in [0.3, 0.4) is 0 Å². The Morgan fingerprint density at radius 2 is 1.73 bits per heavy atom. The van der Waals surface area contributed by atoms with E-state index in [-0.39, 0.29) is 0 Å². The highest BCUT2D eigenvalue weighted by Crippen LogP contribution is 2.36. The highest BCUT2D eigenvalue weighted by atomic mass is 32.2. The molecule has 1 N–H and O–H groups in total. The maximum Gasteiger partial charge on any atom is 0.303 e. The number of benzene rings is 1. The van der Waals surface area contributed by atoms with Gasteiger partial charge in [-0.05, 0) is 31.9 Å². The van der Waals surface area contributed by atoms with E-state index in [4.69, 9.17) is 0 Å². The van der Waals surface area contributed by atoms with Crippen molar-refractivity contribution >= 4 is 58.4 Å². The molecule has 1 aliphatic heterocycles. The number of nitrogens with one attached hydrogen (secondary N) is 1. The second kappa shape index (κ2) is 5.12. The number of thiazole rings is 2. The molecule has 0 saturated carbocycles. The molecule has 0 spiro atoms. The fourth-order valence-electron chi connectivity index (χ4n) is 2.63. The molecule has 3 aromatic rings. The van der Waals surface area contributed by atoms with Crippen LogP contribution in [0.1, 0.15) is 17.8 Å². The van der Waals surface area contributed by atoms with Crippen molar-refractivity contribution in [3.8, 4) is 0 Å². The minimum absolute atomic E-state index is 0.417. The molecule has 3 heterocycles. The van der Waals surface area contributed by atoms with Crippen LogP contribution in [-0.4, -0.2) is 35.8 Å². The van der Waals surface area contributed by atoms with Crippen molar-refractivity contribution in [1.29, 1.82) is 0 Å². The lowest BCUT2D eigenvalue weighted by Gasteiger charge is -2.14. The zero-order valence-corrected chi connectivity index (χ0v) is 14.3. The number of rotatable bonds is 3. The SMILES string of the molecule is Cc1nc2ccc3nc(NS(=O)(=O)N4CCCC4)sc3c2s1. The van der Waals surface area contributed by atoms with Crippen molar-refractivity contribution < 1.29 is 8.42 Å². The summed E-state index contributed by atoms with van der Waals surface area (Å²) in [4.78, 5) is 8.87. The van der Waals surface area contributed by atoms with E-state index in [1.165, 1.54) is 15.6 Å². The average molecular weight is 354 g/mol. The summed E-state index contributed by atoms with van der Waals surface area (Å²) in [6, 6.07) is 3.82. The minimum Gasteiger partial charge on any atom is -0.246 e. The fourth-order valence-corrected chi connectivity index (χ4v) is 6.11. The van der Waals surface area contributed by atoms with E-state index in [2.05, 4.69) is 14.7 Å². The number of fused-ring (bicyclic) bond motifs is 3. The number of aromatic nitrogens is 2. The summed E-state index contributed by atoms with van der Waals surface area (Å²) in [5, 5.41) is 1.41. The van der Waals surface area contributed by atoms with E-state index < -0.39 is 10.2 Å². The van der Waals surface area contributed by atoms with E-state index in [0.29, 0.717) is 18.2 Å². The van der Waals surface area contributed by atoms with Gasteiger partial charge in [0.2, 0.25) is 0 Å². The van der Waals surface area contributed by atoms with E-state index in [1.807, 2.05) is 19.1 Å². The standard InChI is InChI=1S/C13H14N4O2S3/c1-8-14-9-4-5-10-12(11(9)20-8)21-13(15-10)16-22(18,19)17-6-2-3-7-17/h4-5H,2-3,6-7H2,1H3,(H,15,16). The first-order valence-electron chi connectivity index (χ1n) is 6.97. The Morgan fingerprint density at radius 3 is 2.45 bits per heavy atom. The predicted molar refractivity (Wildman–Crippen MR) is 90.9 cm³/mol. The summed E-state index contributed by atoms with van der Waals surface area (Å²) >= 11 is 2.98. The van der Waals surface area contributed by atoms with Gasteiger partial charge in [-0.2, -0.15) is 12.7 Å². The molecular formula is C13H14N4O2S3. The van der Waals surface area contributed by atoms with E-state index in [1.54, 1.807) is 11.3 Å². The van der Waals surface area contributed by atoms with E-state index in [9.17, 15) is 8.42 Å². The van der Waals surface area contributed by atoms with Gasteiger partial charge in [-0.25, -0.2) is 14.7 Å². The Balaban J connectivity index is 1.75. The molecule has 1 saturated heterocycles. The number of anilines is 1. The van der Waals surface area contributed by atoms with Crippen molar-refractivity contribution in [2.75, 3.05) is 17.8 Å². The van der Waals surface area contributed by atoms with Crippen LogP contribution < -0.4 is 4.72 Å². The van der Waals surface area contributed by atoms with Crippen LogP contribution in [-0.2, 0) is 10.2 Å². The first-order valence-corrected chi connectivity index (χ1v) is 10.0. The zero-order chi connectivity index (χ0) is 15.3. The fraction of sp³-hybridized carbons (Fsp3) is 0.385. The van der Waals surface area contributed by atoms with Gasteiger partial charge in [-0.1, -0.05) is 11.3 Å². The van der Waals surface area contributed by atoms with Gasteiger partial charge in [-0.3, -0.25) is 0 Å². The van der Waals surface area contributed by atoms with Gasteiger partial charge in [0.15, 0.2) is 5.13 Å². The van der Waals surface area contributed by atoms with Gasteiger partial charge in [0.1, 0.15) is 0 Å². The molecule has 0 radical (unpaired) electrons. The molecule has 0 aliphatic carbocycles. The molecule has 9 heteroatoms. The summed E-state index contributed by atoms with van der Waals surface area (Å²) in [7, 11) is -3.49. The van der Waals surface area contributed by atoms with Gasteiger partial charge >= 0.3 is 10.2 Å². The highest BCUT2D eigenvalue weighted by molar-refractivity contribution is 7.90. The molecule has 4 rings (SSSR count). The van der Waals surface area contributed by atoms with Crippen molar-refractivity contribution in [1.82, 2.24) is 14.3 Å². The van der Waals surface area contributed by atoms with E-state index >= 15 is 0 Å². The lowest BCUT2D eigenvalue weighted by atomic mass is 10.3. The third-order valence-electron chi connectivity index (χ3n) is 3.64. The molecule has 1 aromatic carbocycles. The third kappa shape index (κ3) is 2.37. The zero-order valence-electron chi connectivity index (χ0n) is 11.9. The smallest absolute Gasteiger partial charge is 0.246 e. The first kappa shape index (κ1) is 14.3. The van der Waals surface area contributed by atoms with Gasteiger partial charge < -0.3 is 0 Å². The summed E-state index contributed by atoms with van der Waals surface area (Å²) in [6.07, 6.45) is 1.84. The Kier molecular flexibility index (Phi) is 3.33. The van der Waals surface area contributed by atoms with Crippen LogP contribution in [0.4, 0.5) is 5.13 Å². The summed E-state index contributed by atoms with van der Waals surface area (Å²) < 4.78 is 30.8. The molecule has 0 unspecified atom stereocenters. The lowest BCUT2D eigenvalue weighted by Crippen LogP contribution is -2.33. The van der Waals surface area contributed by atoms with Crippen molar-refractivity contribution in [3.05, 3.63) is 17.1 Å². The monoisotopic (exact) mass is 354 g/mol. The van der Waals surface area contributed by atoms with Crippen LogP contribution in [0.5, 0.6) is 0 Å². The Morgan fingerprint density at radius 1 is 1.09 bits per heavy atom. The molecule has 1 aliphatic rings. The van der Waals surface area contributed by atoms with Crippen LogP contribution in [0.25, 0.3) is 20.4 Å². The molecular weight excluding hydrogens is 340 g/mol. The Hall–Kier alpha value is -1.29. The maximum absolute atomic E-state index is 12.3. The third-order valence-corrected chi connectivity index (χ3v) is 7.40. The predicted octanol–water partition coefficient (Wildman–Crippen LogP) is 2.97. The van der Waals surface area contributed by atoms with Gasteiger partial charge in [0.05, 0.1) is 25.4 Å². The highest BCUT2D eigenvalue weighted by Gasteiger charge is 2.26. The van der Waals surface area contributed by atoms with Crippen molar-refractivity contribution in [2.24, 2.45) is 0 Å². The topological polar surface area (TPSA) is 75.2 Å². The molecule has 22 heavy (non-hydrogen) atoms. The summed E-state index contributed by atoms with van der Waals surface area (Å²) in [5.41, 5.74) is 1.74. The molecule has 0 atom stereocenters. The second-order valence-electron chi connectivity index (χ2n) is 5.23. The number of hydrogen-bond acceptors (Lipinski definition) is 6. The van der Waals surface area contributed by atoms with Gasteiger partial charge in [-0.15, -0.1) is 11.3 Å².